The molecule has 0 aromatic heterocycles. The van der Waals surface area contributed by atoms with Gasteiger partial charge in [-0.2, -0.15) is 0 Å². The van der Waals surface area contributed by atoms with Crippen molar-refractivity contribution in [3.05, 3.63) is 47.3 Å². The topological polar surface area (TPSA) is 74.8 Å². The minimum atomic E-state index is -1.27. The van der Waals surface area contributed by atoms with Crippen molar-refractivity contribution < 1.29 is 37.6 Å². The Morgan fingerprint density at radius 3 is 2.11 bits per heavy atom. The second-order valence-corrected chi connectivity index (χ2v) is 6.31. The Kier molecular flexibility index (Phi) is 5.88. The molecule has 0 bridgehead atoms. The zero-order valence-electron chi connectivity index (χ0n) is 14.5. The molecule has 2 unspecified atom stereocenters. The molecule has 8 heteroatoms. The van der Waals surface area contributed by atoms with Gasteiger partial charge in [-0.15, -0.1) is 0 Å². The van der Waals surface area contributed by atoms with E-state index in [0.29, 0.717) is 18.3 Å². The predicted octanol–water partition coefficient (Wildman–Crippen LogP) is 3.29. The summed E-state index contributed by atoms with van der Waals surface area (Å²) in [6.07, 6.45) is 0.785. The molecule has 2 N–H and O–H groups in total. The molecule has 0 aliphatic carbocycles. The monoisotopic (exact) mass is 384 g/mol. The predicted molar refractivity (Wildman–Crippen MR) is 90.1 cm³/mol. The largest absolute Gasteiger partial charge is 0.508 e. The van der Waals surface area contributed by atoms with Crippen LogP contribution in [-0.2, 0) is 14.2 Å². The molecule has 2 aromatic carbocycles. The molecule has 2 atom stereocenters. The van der Waals surface area contributed by atoms with Crippen molar-refractivity contribution in [3.8, 4) is 22.6 Å². The van der Waals surface area contributed by atoms with Crippen LogP contribution in [-0.4, -0.2) is 48.8 Å². The van der Waals surface area contributed by atoms with Crippen molar-refractivity contribution in [1.82, 2.24) is 0 Å². The third-order valence-corrected chi connectivity index (χ3v) is 4.06. The highest BCUT2D eigenvalue weighted by atomic mass is 19.2. The molecule has 0 saturated carbocycles. The van der Waals surface area contributed by atoms with E-state index < -0.39 is 23.0 Å². The van der Waals surface area contributed by atoms with Crippen LogP contribution < -0.4 is 0 Å². The van der Waals surface area contributed by atoms with Crippen LogP contribution in [0.1, 0.15) is 5.56 Å². The second-order valence-electron chi connectivity index (χ2n) is 6.31. The van der Waals surface area contributed by atoms with Crippen LogP contribution in [0.2, 0.25) is 0 Å². The van der Waals surface area contributed by atoms with Crippen LogP contribution in [0.15, 0.2) is 24.3 Å². The van der Waals surface area contributed by atoms with Gasteiger partial charge in [0, 0.05) is 16.7 Å². The molecule has 0 amide bonds. The standard InChI is InChI=1S/C13H9F3O2.C6H10O3/c1-6-12(15)9(5-10(14)13(6)16)8-4-7(17)2-3-11(8)18;1(5-3-8-5)7-2-6-4-9-6/h2-5,17-18H,1H3;5-6H,1-4H2. The van der Waals surface area contributed by atoms with Gasteiger partial charge in [-0.25, -0.2) is 13.2 Å². The highest BCUT2D eigenvalue weighted by Crippen LogP contribution is 2.36. The van der Waals surface area contributed by atoms with Crippen molar-refractivity contribution in [1.29, 1.82) is 0 Å². The maximum Gasteiger partial charge on any atom is 0.164 e. The Balaban J connectivity index is 0.000000193. The minimum Gasteiger partial charge on any atom is -0.508 e. The number of aromatic hydroxyl groups is 2. The first-order valence-corrected chi connectivity index (χ1v) is 8.34. The van der Waals surface area contributed by atoms with E-state index in [1.54, 1.807) is 0 Å². The van der Waals surface area contributed by atoms with Crippen LogP contribution in [0, 0.1) is 24.4 Å². The van der Waals surface area contributed by atoms with Crippen molar-refractivity contribution in [2.75, 3.05) is 26.4 Å². The van der Waals surface area contributed by atoms with Gasteiger partial charge in [-0.3, -0.25) is 0 Å². The molecule has 2 aliphatic heterocycles. The number of phenols is 2. The fourth-order valence-corrected chi connectivity index (χ4v) is 2.33. The van der Waals surface area contributed by atoms with Crippen LogP contribution in [0.25, 0.3) is 11.1 Å². The molecule has 2 fully saturated rings. The maximum absolute atomic E-state index is 13.8. The summed E-state index contributed by atoms with van der Waals surface area (Å²) in [6, 6.07) is 4.06. The third-order valence-electron chi connectivity index (χ3n) is 4.06. The molecule has 5 nitrogen and oxygen atoms in total. The van der Waals surface area contributed by atoms with Gasteiger partial charge in [0.1, 0.15) is 29.5 Å². The summed E-state index contributed by atoms with van der Waals surface area (Å²) in [5.74, 6) is -4.01. The number of hydrogen-bond donors (Lipinski definition) is 2. The second kappa shape index (κ2) is 8.16. The summed E-state index contributed by atoms with van der Waals surface area (Å²) in [7, 11) is 0. The van der Waals surface area contributed by atoms with Gasteiger partial charge in [0.2, 0.25) is 0 Å². The van der Waals surface area contributed by atoms with E-state index >= 15 is 0 Å². The first-order valence-electron chi connectivity index (χ1n) is 8.34. The first kappa shape index (κ1) is 19.5. The lowest BCUT2D eigenvalue weighted by atomic mass is 10.0. The fourth-order valence-electron chi connectivity index (χ4n) is 2.33. The number of phenolic OH excluding ortho intramolecular Hbond substituents is 2. The van der Waals surface area contributed by atoms with E-state index in [-0.39, 0.29) is 22.6 Å². The lowest BCUT2D eigenvalue weighted by Gasteiger charge is -2.10. The summed E-state index contributed by atoms with van der Waals surface area (Å²) in [5, 5.41) is 18.9. The van der Waals surface area contributed by atoms with Crippen molar-refractivity contribution in [2.24, 2.45) is 0 Å². The van der Waals surface area contributed by atoms with E-state index in [1.165, 1.54) is 6.07 Å². The number of epoxide rings is 2. The maximum atomic E-state index is 13.8. The van der Waals surface area contributed by atoms with Crippen LogP contribution in [0.3, 0.4) is 0 Å². The molecule has 2 aromatic rings. The van der Waals surface area contributed by atoms with Crippen molar-refractivity contribution >= 4 is 0 Å². The van der Waals surface area contributed by atoms with Crippen molar-refractivity contribution in [2.45, 2.75) is 19.1 Å². The number of hydrogen-bond acceptors (Lipinski definition) is 5. The van der Waals surface area contributed by atoms with Gasteiger partial charge < -0.3 is 24.4 Å². The zero-order chi connectivity index (χ0) is 19.6. The van der Waals surface area contributed by atoms with Gasteiger partial charge in [0.25, 0.3) is 0 Å². The number of rotatable bonds is 5. The lowest BCUT2D eigenvalue weighted by Crippen LogP contribution is -2.06. The molecular formula is C19H19F3O5. The lowest BCUT2D eigenvalue weighted by molar-refractivity contribution is 0.102. The van der Waals surface area contributed by atoms with E-state index in [9.17, 15) is 23.4 Å². The van der Waals surface area contributed by atoms with E-state index in [2.05, 4.69) is 0 Å². The number of benzene rings is 2. The molecule has 2 saturated heterocycles. The average Bonchev–Trinajstić information content (AvgIpc) is 3.55. The highest BCUT2D eigenvalue weighted by Gasteiger charge is 2.26. The normalized spacial score (nSPS) is 20.0. The average molecular weight is 384 g/mol. The Bertz CT molecular complexity index is 807. The van der Waals surface area contributed by atoms with Crippen molar-refractivity contribution in [3.63, 3.8) is 0 Å². The van der Waals surface area contributed by atoms with Gasteiger partial charge in [0.15, 0.2) is 11.6 Å². The Morgan fingerprint density at radius 2 is 1.56 bits per heavy atom. The SMILES string of the molecule is C(OCC1CO1)C1CO1.Cc1c(F)c(F)cc(-c2cc(O)ccc2O)c1F. The van der Waals surface area contributed by atoms with Gasteiger partial charge in [-0.1, -0.05) is 0 Å². The van der Waals surface area contributed by atoms with Crippen LogP contribution >= 0.6 is 0 Å². The minimum absolute atomic E-state index is 0.102. The highest BCUT2D eigenvalue weighted by molar-refractivity contribution is 5.72. The summed E-state index contributed by atoms with van der Waals surface area (Å²) >= 11 is 0. The summed E-state index contributed by atoms with van der Waals surface area (Å²) in [5.41, 5.74) is -0.887. The third kappa shape index (κ3) is 5.12. The summed E-state index contributed by atoms with van der Waals surface area (Å²) in [4.78, 5) is 0. The van der Waals surface area contributed by atoms with Gasteiger partial charge >= 0.3 is 0 Å². The first-order chi connectivity index (χ1) is 12.9. The molecule has 146 valence electrons. The Labute approximate surface area is 153 Å². The quantitative estimate of drug-likeness (QED) is 0.470. The van der Waals surface area contributed by atoms with E-state index in [0.717, 1.165) is 45.5 Å². The smallest absolute Gasteiger partial charge is 0.164 e. The number of ether oxygens (including phenoxy) is 3. The molecule has 0 spiro atoms. The zero-order valence-corrected chi connectivity index (χ0v) is 14.5. The molecular weight excluding hydrogens is 365 g/mol. The van der Waals surface area contributed by atoms with E-state index in [4.69, 9.17) is 14.2 Å². The molecule has 27 heavy (non-hydrogen) atoms. The molecule has 4 rings (SSSR count). The fraction of sp³-hybridized carbons (Fsp3) is 0.368. The van der Waals surface area contributed by atoms with Gasteiger partial charge in [-0.05, 0) is 31.2 Å². The summed E-state index contributed by atoms with van der Waals surface area (Å²) in [6.45, 7) is 4.36. The van der Waals surface area contributed by atoms with Crippen LogP contribution in [0.5, 0.6) is 11.5 Å². The summed E-state index contributed by atoms with van der Waals surface area (Å²) < 4.78 is 55.4. The molecule has 0 radical (unpaired) electrons. The Morgan fingerprint density at radius 1 is 0.963 bits per heavy atom. The van der Waals surface area contributed by atoms with Crippen LogP contribution in [0.4, 0.5) is 13.2 Å². The Hall–Kier alpha value is -2.29. The molecule has 2 aliphatic rings. The number of halogens is 3. The molecule has 2 heterocycles. The van der Waals surface area contributed by atoms with Gasteiger partial charge in [0.05, 0.1) is 26.4 Å². The van der Waals surface area contributed by atoms with E-state index in [1.807, 2.05) is 0 Å².